The van der Waals surface area contributed by atoms with Gasteiger partial charge in [-0.25, -0.2) is 9.07 Å². The minimum absolute atomic E-state index is 0.119. The summed E-state index contributed by atoms with van der Waals surface area (Å²) in [6.45, 7) is 0. The maximum absolute atomic E-state index is 13.3. The molecule has 0 radical (unpaired) electrons. The first-order chi connectivity index (χ1) is 15.4. The van der Waals surface area contributed by atoms with Gasteiger partial charge in [-0.2, -0.15) is 0 Å². The molecule has 160 valence electrons. The van der Waals surface area contributed by atoms with Crippen LogP contribution in [0.3, 0.4) is 0 Å². The summed E-state index contributed by atoms with van der Waals surface area (Å²) in [5.74, 6) is -3.06. The van der Waals surface area contributed by atoms with Gasteiger partial charge in [-0.15, -0.1) is 0 Å². The number of amides is 3. The third-order valence-electron chi connectivity index (χ3n) is 4.53. The van der Waals surface area contributed by atoms with Gasteiger partial charge in [0.1, 0.15) is 11.5 Å². The third-order valence-corrected chi connectivity index (χ3v) is 5.02. The molecule has 0 saturated heterocycles. The SMILES string of the molecule is O=C(Nc1cccc(F)c1)C(=O)Nn1c(C(=O)Nc2ccccc2)cc2cc(Br)ccc21. The summed E-state index contributed by atoms with van der Waals surface area (Å²) < 4.78 is 15.4. The van der Waals surface area contributed by atoms with Gasteiger partial charge in [-0.1, -0.05) is 40.2 Å². The summed E-state index contributed by atoms with van der Waals surface area (Å²) >= 11 is 3.38. The van der Waals surface area contributed by atoms with Crippen molar-refractivity contribution in [3.05, 3.63) is 94.8 Å². The van der Waals surface area contributed by atoms with Crippen molar-refractivity contribution in [3.8, 4) is 0 Å². The van der Waals surface area contributed by atoms with Crippen molar-refractivity contribution in [2.45, 2.75) is 0 Å². The summed E-state index contributed by atoms with van der Waals surface area (Å²) in [7, 11) is 0. The number of benzene rings is 3. The quantitative estimate of drug-likeness (QED) is 0.364. The van der Waals surface area contributed by atoms with Crippen molar-refractivity contribution in [1.82, 2.24) is 4.68 Å². The highest BCUT2D eigenvalue weighted by Crippen LogP contribution is 2.24. The van der Waals surface area contributed by atoms with Crippen LogP contribution in [0.1, 0.15) is 10.5 Å². The zero-order valence-corrected chi connectivity index (χ0v) is 18.0. The van der Waals surface area contributed by atoms with Crippen molar-refractivity contribution >= 4 is 55.9 Å². The molecule has 32 heavy (non-hydrogen) atoms. The van der Waals surface area contributed by atoms with Gasteiger partial charge < -0.3 is 10.6 Å². The van der Waals surface area contributed by atoms with E-state index in [1.165, 1.54) is 22.9 Å². The number of aromatic nitrogens is 1. The number of para-hydroxylation sites is 1. The third kappa shape index (κ3) is 4.68. The van der Waals surface area contributed by atoms with Crippen LogP contribution in [0.5, 0.6) is 0 Å². The van der Waals surface area contributed by atoms with Crippen molar-refractivity contribution in [3.63, 3.8) is 0 Å². The molecule has 3 amide bonds. The van der Waals surface area contributed by atoms with Gasteiger partial charge in [0.25, 0.3) is 5.91 Å². The van der Waals surface area contributed by atoms with Crippen LogP contribution >= 0.6 is 15.9 Å². The Morgan fingerprint density at radius 2 is 1.53 bits per heavy atom. The summed E-state index contributed by atoms with van der Waals surface area (Å²) in [6.07, 6.45) is 0. The molecule has 9 heteroatoms. The van der Waals surface area contributed by atoms with Crippen LogP contribution < -0.4 is 16.1 Å². The summed E-state index contributed by atoms with van der Waals surface area (Å²) in [4.78, 5) is 37.8. The Kier molecular flexibility index (Phi) is 6.00. The van der Waals surface area contributed by atoms with Gasteiger partial charge in [0.15, 0.2) is 0 Å². The van der Waals surface area contributed by atoms with E-state index in [0.29, 0.717) is 16.6 Å². The molecule has 0 aliphatic heterocycles. The molecular weight excluding hydrogens is 479 g/mol. The lowest BCUT2D eigenvalue weighted by molar-refractivity contribution is -0.133. The number of anilines is 2. The second-order valence-corrected chi connectivity index (χ2v) is 7.71. The highest BCUT2D eigenvalue weighted by molar-refractivity contribution is 9.10. The Morgan fingerprint density at radius 3 is 2.28 bits per heavy atom. The second kappa shape index (κ2) is 9.03. The van der Waals surface area contributed by atoms with Crippen LogP contribution in [0.15, 0.2) is 83.3 Å². The molecule has 0 saturated carbocycles. The second-order valence-electron chi connectivity index (χ2n) is 6.79. The molecule has 0 aliphatic carbocycles. The number of carbonyl (C=O) groups is 3. The van der Waals surface area contributed by atoms with E-state index in [4.69, 9.17) is 0 Å². The number of nitrogens with zero attached hydrogens (tertiary/aromatic N) is 1. The van der Waals surface area contributed by atoms with Crippen LogP contribution in [-0.4, -0.2) is 22.4 Å². The van der Waals surface area contributed by atoms with Crippen LogP contribution in [0.25, 0.3) is 10.9 Å². The lowest BCUT2D eigenvalue weighted by Gasteiger charge is -2.13. The van der Waals surface area contributed by atoms with E-state index in [1.54, 1.807) is 48.5 Å². The summed E-state index contributed by atoms with van der Waals surface area (Å²) in [5, 5.41) is 5.76. The van der Waals surface area contributed by atoms with E-state index in [0.717, 1.165) is 10.5 Å². The zero-order chi connectivity index (χ0) is 22.7. The Hall–Kier alpha value is -3.98. The predicted molar refractivity (Wildman–Crippen MR) is 123 cm³/mol. The van der Waals surface area contributed by atoms with Crippen molar-refractivity contribution in [2.75, 3.05) is 16.1 Å². The van der Waals surface area contributed by atoms with E-state index >= 15 is 0 Å². The molecule has 0 atom stereocenters. The Bertz CT molecular complexity index is 1340. The molecule has 0 aliphatic rings. The average Bonchev–Trinajstić information content (AvgIpc) is 3.12. The topological polar surface area (TPSA) is 92.2 Å². The maximum atomic E-state index is 13.3. The molecular formula is C23H16BrFN4O3. The summed E-state index contributed by atoms with van der Waals surface area (Å²) in [6, 6.07) is 20.8. The van der Waals surface area contributed by atoms with E-state index in [-0.39, 0.29) is 11.4 Å². The number of nitrogens with one attached hydrogen (secondary N) is 3. The number of hydrogen-bond acceptors (Lipinski definition) is 3. The van der Waals surface area contributed by atoms with E-state index < -0.39 is 23.5 Å². The van der Waals surface area contributed by atoms with Gasteiger partial charge in [-0.05, 0) is 54.6 Å². The molecule has 1 heterocycles. The molecule has 7 nitrogen and oxygen atoms in total. The van der Waals surface area contributed by atoms with Gasteiger partial charge in [0.05, 0.1) is 5.52 Å². The molecule has 4 rings (SSSR count). The predicted octanol–water partition coefficient (Wildman–Crippen LogP) is 4.50. The molecule has 3 aromatic carbocycles. The molecule has 4 aromatic rings. The molecule has 0 bridgehead atoms. The molecule has 1 aromatic heterocycles. The monoisotopic (exact) mass is 494 g/mol. The fourth-order valence-electron chi connectivity index (χ4n) is 3.10. The van der Waals surface area contributed by atoms with Crippen LogP contribution in [0.2, 0.25) is 0 Å². The summed E-state index contributed by atoms with van der Waals surface area (Å²) in [5.41, 5.74) is 3.79. The van der Waals surface area contributed by atoms with Crippen LogP contribution in [0.4, 0.5) is 15.8 Å². The Labute approximate surface area is 190 Å². The zero-order valence-electron chi connectivity index (χ0n) is 16.4. The van der Waals surface area contributed by atoms with Crippen LogP contribution in [0, 0.1) is 5.82 Å². The van der Waals surface area contributed by atoms with E-state index in [9.17, 15) is 18.8 Å². The first-order valence-corrected chi connectivity index (χ1v) is 10.3. The number of hydrogen-bond donors (Lipinski definition) is 3. The molecule has 3 N–H and O–H groups in total. The van der Waals surface area contributed by atoms with E-state index in [2.05, 4.69) is 32.0 Å². The Balaban J connectivity index is 1.63. The average molecular weight is 495 g/mol. The standard InChI is InChI=1S/C23H16BrFN4O3/c24-15-9-10-19-14(11-15)12-20(21(30)26-17-6-2-1-3-7-17)29(19)28-23(32)22(31)27-18-8-4-5-16(25)13-18/h1-13H,(H,26,30)(H,27,31)(H,28,32). The smallest absolute Gasteiger partial charge is 0.321 e. The minimum Gasteiger partial charge on any atom is -0.321 e. The van der Waals surface area contributed by atoms with Gasteiger partial charge >= 0.3 is 11.8 Å². The van der Waals surface area contributed by atoms with Crippen LogP contribution in [-0.2, 0) is 9.59 Å². The fourth-order valence-corrected chi connectivity index (χ4v) is 3.48. The largest absolute Gasteiger partial charge is 0.328 e. The molecule has 0 fully saturated rings. The fraction of sp³-hybridized carbons (Fsp3) is 0. The normalized spacial score (nSPS) is 10.6. The number of fused-ring (bicyclic) bond motifs is 1. The first kappa shape index (κ1) is 21.3. The lowest BCUT2D eigenvalue weighted by Crippen LogP contribution is -2.36. The number of carbonyl (C=O) groups excluding carboxylic acids is 3. The molecule has 0 spiro atoms. The minimum atomic E-state index is -1.02. The molecule has 0 unspecified atom stereocenters. The highest BCUT2D eigenvalue weighted by Gasteiger charge is 2.21. The maximum Gasteiger partial charge on any atom is 0.328 e. The van der Waals surface area contributed by atoms with Gasteiger partial charge in [0.2, 0.25) is 0 Å². The number of halogens is 2. The van der Waals surface area contributed by atoms with Crippen molar-refractivity contribution in [2.24, 2.45) is 0 Å². The Morgan fingerprint density at radius 1 is 0.781 bits per heavy atom. The first-order valence-electron chi connectivity index (χ1n) is 9.46. The van der Waals surface area contributed by atoms with Gasteiger partial charge in [-0.3, -0.25) is 19.8 Å². The number of rotatable bonds is 4. The lowest BCUT2D eigenvalue weighted by atomic mass is 10.2. The van der Waals surface area contributed by atoms with E-state index in [1.807, 2.05) is 6.07 Å². The van der Waals surface area contributed by atoms with Crippen molar-refractivity contribution in [1.29, 1.82) is 0 Å². The van der Waals surface area contributed by atoms with Crippen molar-refractivity contribution < 1.29 is 18.8 Å². The highest BCUT2D eigenvalue weighted by atomic mass is 79.9. The van der Waals surface area contributed by atoms with Gasteiger partial charge in [0, 0.05) is 21.2 Å².